The molecular weight excluding hydrogens is 550 g/mol. The zero-order chi connectivity index (χ0) is 29.4. The number of aryl methyl sites for hydroxylation is 1. The highest BCUT2D eigenvalue weighted by Crippen LogP contribution is 2.38. The Labute approximate surface area is 240 Å². The van der Waals surface area contributed by atoms with Crippen LogP contribution in [-0.4, -0.2) is 50.8 Å². The fourth-order valence-electron chi connectivity index (χ4n) is 4.18. The zero-order valence-corrected chi connectivity index (χ0v) is 23.6. The average molecular weight is 580 g/mol. The molecular formula is C29H29N3O8S. The number of rotatable bonds is 9. The first-order chi connectivity index (χ1) is 19.8. The molecule has 214 valence electrons. The second-order valence-corrected chi connectivity index (χ2v) is 9.92. The van der Waals surface area contributed by atoms with Gasteiger partial charge in [-0.15, -0.1) is 11.3 Å². The van der Waals surface area contributed by atoms with Crippen LogP contribution in [0.1, 0.15) is 56.5 Å². The molecule has 3 aromatic rings. The maximum absolute atomic E-state index is 12.6. The number of esters is 2. The molecule has 0 fully saturated rings. The Bertz CT molecular complexity index is 1480. The lowest BCUT2D eigenvalue weighted by atomic mass is 9.95. The fraction of sp³-hybridized carbons (Fsp3) is 0.276. The summed E-state index contributed by atoms with van der Waals surface area (Å²) in [4.78, 5) is 51.1. The normalized spacial score (nSPS) is 12.3. The zero-order valence-electron chi connectivity index (χ0n) is 22.8. The number of thiophene rings is 1. The number of ether oxygens (including phenoxy) is 4. The number of carbonyl (C=O) groups is 4. The van der Waals surface area contributed by atoms with Gasteiger partial charge in [-0.1, -0.05) is 0 Å². The molecule has 0 spiro atoms. The van der Waals surface area contributed by atoms with Crippen molar-refractivity contribution in [2.45, 2.75) is 32.6 Å². The van der Waals surface area contributed by atoms with E-state index < -0.39 is 23.8 Å². The third-order valence-corrected chi connectivity index (χ3v) is 7.39. The smallest absolute Gasteiger partial charge is 0.343 e. The van der Waals surface area contributed by atoms with Crippen LogP contribution in [0.2, 0.25) is 0 Å². The molecule has 41 heavy (non-hydrogen) atoms. The number of hydrogen-bond acceptors (Lipinski definition) is 10. The van der Waals surface area contributed by atoms with E-state index in [1.54, 1.807) is 43.3 Å². The number of nitrogens with one attached hydrogen (secondary N) is 2. The van der Waals surface area contributed by atoms with Crippen LogP contribution in [0.25, 0.3) is 0 Å². The second kappa shape index (κ2) is 13.6. The van der Waals surface area contributed by atoms with Crippen LogP contribution in [0, 0.1) is 0 Å². The number of benzene rings is 2. The molecule has 1 heterocycles. The molecule has 0 unspecified atom stereocenters. The van der Waals surface area contributed by atoms with E-state index in [0.717, 1.165) is 36.1 Å². The molecule has 11 nitrogen and oxygen atoms in total. The summed E-state index contributed by atoms with van der Waals surface area (Å²) in [5.74, 6) is -2.03. The van der Waals surface area contributed by atoms with Crippen molar-refractivity contribution < 1.29 is 38.1 Å². The first kappa shape index (κ1) is 29.3. The number of fused-ring (bicyclic) bond motifs is 1. The minimum Gasteiger partial charge on any atom is -0.497 e. The summed E-state index contributed by atoms with van der Waals surface area (Å²) in [5.41, 5.74) is 4.20. The number of amides is 2. The highest BCUT2D eigenvalue weighted by atomic mass is 32.1. The van der Waals surface area contributed by atoms with Gasteiger partial charge in [0.1, 0.15) is 10.8 Å². The van der Waals surface area contributed by atoms with Gasteiger partial charge in [0.05, 0.1) is 38.2 Å². The van der Waals surface area contributed by atoms with Crippen molar-refractivity contribution in [3.05, 3.63) is 69.6 Å². The lowest BCUT2D eigenvalue weighted by Gasteiger charge is -2.12. The predicted molar refractivity (Wildman–Crippen MR) is 152 cm³/mol. The molecule has 2 amide bonds. The molecule has 0 radical (unpaired) electrons. The van der Waals surface area contributed by atoms with Crippen molar-refractivity contribution in [2.75, 3.05) is 26.1 Å². The van der Waals surface area contributed by atoms with Gasteiger partial charge in [0.25, 0.3) is 0 Å². The SMILES string of the molecule is CCOC(=O)c1c(NC(=O)C(=O)N/N=C\c2ccc(OC(=O)c3ccc(OC)cc3)c(OC)c2)sc2c1CCCC2. The molecule has 1 aliphatic rings. The monoisotopic (exact) mass is 579 g/mol. The minimum absolute atomic E-state index is 0.185. The minimum atomic E-state index is -1.01. The predicted octanol–water partition coefficient (Wildman–Crippen LogP) is 4.13. The van der Waals surface area contributed by atoms with E-state index in [-0.39, 0.29) is 18.1 Å². The van der Waals surface area contributed by atoms with Crippen LogP contribution in [0.4, 0.5) is 5.00 Å². The topological polar surface area (TPSA) is 142 Å². The summed E-state index contributed by atoms with van der Waals surface area (Å²) in [6.45, 7) is 1.90. The molecule has 1 aromatic heterocycles. The number of anilines is 1. The molecule has 0 saturated carbocycles. The first-order valence-electron chi connectivity index (χ1n) is 12.8. The Hall–Kier alpha value is -4.71. The summed E-state index contributed by atoms with van der Waals surface area (Å²) in [6, 6.07) is 11.1. The molecule has 4 rings (SSSR count). The number of carbonyl (C=O) groups excluding carboxylic acids is 4. The molecule has 2 aromatic carbocycles. The Balaban J connectivity index is 1.38. The van der Waals surface area contributed by atoms with E-state index in [0.29, 0.717) is 27.4 Å². The maximum Gasteiger partial charge on any atom is 0.343 e. The van der Waals surface area contributed by atoms with E-state index in [9.17, 15) is 19.2 Å². The van der Waals surface area contributed by atoms with E-state index in [4.69, 9.17) is 18.9 Å². The highest BCUT2D eigenvalue weighted by molar-refractivity contribution is 7.17. The van der Waals surface area contributed by atoms with Crippen molar-refractivity contribution in [3.8, 4) is 17.2 Å². The third-order valence-electron chi connectivity index (χ3n) is 6.18. The summed E-state index contributed by atoms with van der Waals surface area (Å²) in [7, 11) is 2.95. The van der Waals surface area contributed by atoms with Crippen LogP contribution >= 0.6 is 11.3 Å². The summed E-state index contributed by atoms with van der Waals surface area (Å²) < 4.78 is 21.0. The van der Waals surface area contributed by atoms with E-state index in [2.05, 4.69) is 15.8 Å². The van der Waals surface area contributed by atoms with Gasteiger partial charge in [0.15, 0.2) is 11.5 Å². The second-order valence-electron chi connectivity index (χ2n) is 8.82. The van der Waals surface area contributed by atoms with Gasteiger partial charge in [-0.05, 0) is 86.2 Å². The van der Waals surface area contributed by atoms with Crippen molar-refractivity contribution >= 4 is 46.3 Å². The van der Waals surface area contributed by atoms with Gasteiger partial charge in [-0.25, -0.2) is 15.0 Å². The van der Waals surface area contributed by atoms with Gasteiger partial charge in [-0.3, -0.25) is 9.59 Å². The van der Waals surface area contributed by atoms with Crippen molar-refractivity contribution in [3.63, 3.8) is 0 Å². The Morgan fingerprint density at radius 1 is 0.927 bits per heavy atom. The van der Waals surface area contributed by atoms with Gasteiger partial charge < -0.3 is 24.3 Å². The van der Waals surface area contributed by atoms with Gasteiger partial charge in [0, 0.05) is 4.88 Å². The molecule has 2 N–H and O–H groups in total. The first-order valence-corrected chi connectivity index (χ1v) is 13.7. The Kier molecular flexibility index (Phi) is 9.69. The van der Waals surface area contributed by atoms with Crippen LogP contribution in [0.15, 0.2) is 47.6 Å². The number of hydrogen-bond donors (Lipinski definition) is 2. The van der Waals surface area contributed by atoms with Crippen LogP contribution < -0.4 is 25.0 Å². The molecule has 0 saturated heterocycles. The molecule has 0 atom stereocenters. The van der Waals surface area contributed by atoms with E-state index in [1.807, 2.05) is 0 Å². The summed E-state index contributed by atoms with van der Waals surface area (Å²) >= 11 is 1.29. The number of nitrogens with zero attached hydrogens (tertiary/aromatic N) is 1. The lowest BCUT2D eigenvalue weighted by molar-refractivity contribution is -0.136. The average Bonchev–Trinajstić information content (AvgIpc) is 3.35. The summed E-state index contributed by atoms with van der Waals surface area (Å²) in [5, 5.41) is 6.67. The molecule has 12 heteroatoms. The highest BCUT2D eigenvalue weighted by Gasteiger charge is 2.28. The third kappa shape index (κ3) is 7.09. The van der Waals surface area contributed by atoms with Crippen LogP contribution in [-0.2, 0) is 27.2 Å². The van der Waals surface area contributed by atoms with Crippen molar-refractivity contribution in [1.82, 2.24) is 5.43 Å². The van der Waals surface area contributed by atoms with Gasteiger partial charge in [0.2, 0.25) is 0 Å². The number of hydrazone groups is 1. The standard InChI is InChI=1S/C29H29N3O8S/c1-4-39-29(36)24-20-7-5-6-8-23(20)41-27(24)31-25(33)26(34)32-30-16-17-9-14-21(22(15-17)38-3)40-28(35)18-10-12-19(37-2)13-11-18/h9-16H,4-8H2,1-3H3,(H,31,33)(H,32,34)/b30-16-. The maximum atomic E-state index is 12.6. The molecule has 0 bridgehead atoms. The van der Waals surface area contributed by atoms with E-state index >= 15 is 0 Å². The van der Waals surface area contributed by atoms with Gasteiger partial charge >= 0.3 is 23.8 Å². The fourth-order valence-corrected chi connectivity index (χ4v) is 5.46. The largest absolute Gasteiger partial charge is 0.497 e. The van der Waals surface area contributed by atoms with Crippen LogP contribution in [0.5, 0.6) is 17.2 Å². The van der Waals surface area contributed by atoms with Crippen LogP contribution in [0.3, 0.4) is 0 Å². The molecule has 1 aliphatic carbocycles. The summed E-state index contributed by atoms with van der Waals surface area (Å²) in [6.07, 6.45) is 4.76. The van der Waals surface area contributed by atoms with Crippen molar-refractivity contribution in [1.29, 1.82) is 0 Å². The van der Waals surface area contributed by atoms with E-state index in [1.165, 1.54) is 37.8 Å². The Morgan fingerprint density at radius 2 is 1.68 bits per heavy atom. The lowest BCUT2D eigenvalue weighted by Crippen LogP contribution is -2.32. The van der Waals surface area contributed by atoms with Gasteiger partial charge in [-0.2, -0.15) is 5.10 Å². The number of methoxy groups -OCH3 is 2. The molecule has 0 aliphatic heterocycles. The Morgan fingerprint density at radius 3 is 2.39 bits per heavy atom. The van der Waals surface area contributed by atoms with Crippen molar-refractivity contribution in [2.24, 2.45) is 5.10 Å². The quantitative estimate of drug-likeness (QED) is 0.127.